The fourth-order valence-corrected chi connectivity index (χ4v) is 4.00. The van der Waals surface area contributed by atoms with Crippen LogP contribution in [-0.2, 0) is 16.4 Å². The summed E-state index contributed by atoms with van der Waals surface area (Å²) in [5.41, 5.74) is 1.53. The van der Waals surface area contributed by atoms with Gasteiger partial charge in [0, 0.05) is 11.8 Å². The van der Waals surface area contributed by atoms with E-state index in [4.69, 9.17) is 11.6 Å². The smallest absolute Gasteiger partial charge is 0.255 e. The number of halogens is 1. The van der Waals surface area contributed by atoms with Crippen LogP contribution in [0.5, 0.6) is 0 Å². The van der Waals surface area contributed by atoms with Crippen LogP contribution in [-0.4, -0.2) is 51.7 Å². The molecular formula is C19H22ClN2O3S+. The van der Waals surface area contributed by atoms with Crippen molar-refractivity contribution in [1.29, 1.82) is 0 Å². The minimum atomic E-state index is -3.38. The van der Waals surface area contributed by atoms with Crippen molar-refractivity contribution in [2.75, 3.05) is 32.4 Å². The van der Waals surface area contributed by atoms with Gasteiger partial charge in [-0.2, -0.15) is 0 Å². The number of sulfone groups is 1. The van der Waals surface area contributed by atoms with Gasteiger partial charge in [0.05, 0.1) is 41.7 Å². The Kier molecular flexibility index (Phi) is 5.65. The summed E-state index contributed by atoms with van der Waals surface area (Å²) in [6, 6.07) is 14.6. The zero-order chi connectivity index (χ0) is 18.7. The van der Waals surface area contributed by atoms with Crippen molar-refractivity contribution < 1.29 is 18.1 Å². The molecule has 26 heavy (non-hydrogen) atoms. The Morgan fingerprint density at radius 3 is 2.38 bits per heavy atom. The Hall–Kier alpha value is -1.89. The maximum atomic E-state index is 12.8. The number of amides is 1. The van der Waals surface area contributed by atoms with Crippen LogP contribution >= 0.6 is 11.6 Å². The van der Waals surface area contributed by atoms with Crippen molar-refractivity contribution >= 4 is 27.3 Å². The van der Waals surface area contributed by atoms with Crippen molar-refractivity contribution in [2.45, 2.75) is 11.4 Å². The number of nitrogens with one attached hydrogen (secondary N) is 1. The van der Waals surface area contributed by atoms with Gasteiger partial charge >= 0.3 is 0 Å². The lowest BCUT2D eigenvalue weighted by Crippen LogP contribution is -3.13. The minimum absolute atomic E-state index is 0.110. The van der Waals surface area contributed by atoms with Gasteiger partial charge in [-0.3, -0.25) is 4.79 Å². The van der Waals surface area contributed by atoms with Crippen molar-refractivity contribution in [3.05, 3.63) is 64.7 Å². The molecule has 0 bridgehead atoms. The van der Waals surface area contributed by atoms with Gasteiger partial charge in [0.2, 0.25) is 0 Å². The Morgan fingerprint density at radius 2 is 1.77 bits per heavy atom. The zero-order valence-electron chi connectivity index (χ0n) is 14.6. The van der Waals surface area contributed by atoms with Crippen LogP contribution in [0, 0.1) is 0 Å². The van der Waals surface area contributed by atoms with Crippen LogP contribution in [0.2, 0.25) is 5.02 Å². The van der Waals surface area contributed by atoms with E-state index in [1.807, 2.05) is 18.2 Å². The second kappa shape index (κ2) is 7.78. The van der Waals surface area contributed by atoms with Gasteiger partial charge in [-0.05, 0) is 18.2 Å². The highest BCUT2D eigenvalue weighted by atomic mass is 35.5. The number of benzene rings is 2. The summed E-state index contributed by atoms with van der Waals surface area (Å²) >= 11 is 6.15. The average Bonchev–Trinajstić information content (AvgIpc) is 2.62. The molecule has 0 aliphatic carbocycles. The molecule has 1 heterocycles. The van der Waals surface area contributed by atoms with Gasteiger partial charge in [0.25, 0.3) is 5.91 Å². The fraction of sp³-hybridized carbons (Fsp3) is 0.316. The lowest BCUT2D eigenvalue weighted by molar-refractivity contribution is -0.917. The molecule has 0 saturated carbocycles. The Balaban J connectivity index is 1.67. The average molecular weight is 394 g/mol. The molecule has 1 aliphatic rings. The highest BCUT2D eigenvalue weighted by Gasteiger charge is 2.26. The molecule has 0 aromatic heterocycles. The minimum Gasteiger partial charge on any atom is -0.328 e. The standard InChI is InChI=1S/C19H21ClN2O3S/c1-26(24,25)16-7-8-18(20)17(13-16)19(23)22-11-9-21(10-12-22)14-15-5-3-2-4-6-15/h2-8,13H,9-12,14H2,1H3/p+1. The SMILES string of the molecule is CS(=O)(=O)c1ccc(Cl)c(C(=O)N2CC[NH+](Cc3ccccc3)CC2)c1. The van der Waals surface area contributed by atoms with Crippen LogP contribution in [0.3, 0.4) is 0 Å². The summed E-state index contributed by atoms with van der Waals surface area (Å²) in [6.07, 6.45) is 1.12. The van der Waals surface area contributed by atoms with Crippen molar-refractivity contribution in [2.24, 2.45) is 0 Å². The number of piperazine rings is 1. The third-order valence-electron chi connectivity index (χ3n) is 4.65. The summed E-state index contributed by atoms with van der Waals surface area (Å²) in [6.45, 7) is 3.89. The molecule has 2 aromatic carbocycles. The van der Waals surface area contributed by atoms with Crippen LogP contribution in [0.4, 0.5) is 0 Å². The maximum Gasteiger partial charge on any atom is 0.255 e. The lowest BCUT2D eigenvalue weighted by atomic mass is 10.1. The number of hydrogen-bond acceptors (Lipinski definition) is 3. The van der Waals surface area contributed by atoms with E-state index in [2.05, 4.69) is 12.1 Å². The van der Waals surface area contributed by atoms with E-state index in [0.717, 1.165) is 25.9 Å². The molecular weight excluding hydrogens is 372 g/mol. The monoisotopic (exact) mass is 393 g/mol. The summed E-state index contributed by atoms with van der Waals surface area (Å²) in [7, 11) is -3.38. The first kappa shape index (κ1) is 18.9. The highest BCUT2D eigenvalue weighted by molar-refractivity contribution is 7.90. The van der Waals surface area contributed by atoms with E-state index in [0.29, 0.717) is 13.1 Å². The van der Waals surface area contributed by atoms with Crippen LogP contribution in [0.25, 0.3) is 0 Å². The first-order valence-corrected chi connectivity index (χ1v) is 10.8. The van der Waals surface area contributed by atoms with Gasteiger partial charge in [0.15, 0.2) is 9.84 Å². The molecule has 1 saturated heterocycles. The van der Waals surface area contributed by atoms with E-state index in [1.54, 1.807) is 4.90 Å². The number of hydrogen-bond donors (Lipinski definition) is 1. The lowest BCUT2D eigenvalue weighted by Gasteiger charge is -2.32. The van der Waals surface area contributed by atoms with Crippen LogP contribution in [0.15, 0.2) is 53.4 Å². The number of rotatable bonds is 4. The van der Waals surface area contributed by atoms with Crippen LogP contribution in [0.1, 0.15) is 15.9 Å². The van der Waals surface area contributed by atoms with Gasteiger partial charge in [-0.15, -0.1) is 0 Å². The first-order valence-electron chi connectivity index (χ1n) is 8.51. The highest BCUT2D eigenvalue weighted by Crippen LogP contribution is 2.22. The van der Waals surface area contributed by atoms with Gasteiger partial charge < -0.3 is 9.80 Å². The molecule has 1 N–H and O–H groups in total. The quantitative estimate of drug-likeness (QED) is 0.851. The number of nitrogens with zero attached hydrogens (tertiary/aromatic N) is 1. The topological polar surface area (TPSA) is 58.9 Å². The number of carbonyl (C=O) groups is 1. The number of carbonyl (C=O) groups excluding carboxylic acids is 1. The normalized spacial score (nSPS) is 15.8. The zero-order valence-corrected chi connectivity index (χ0v) is 16.2. The first-order chi connectivity index (χ1) is 12.3. The maximum absolute atomic E-state index is 12.8. The molecule has 1 fully saturated rings. The second-order valence-electron chi connectivity index (χ2n) is 6.62. The second-order valence-corrected chi connectivity index (χ2v) is 9.04. The van der Waals surface area contributed by atoms with E-state index in [-0.39, 0.29) is 21.4 Å². The third kappa shape index (κ3) is 4.44. The predicted octanol–water partition coefficient (Wildman–Crippen LogP) is 1.28. The van der Waals surface area contributed by atoms with Crippen molar-refractivity contribution in [3.8, 4) is 0 Å². The van der Waals surface area contributed by atoms with E-state index in [9.17, 15) is 13.2 Å². The van der Waals surface area contributed by atoms with E-state index >= 15 is 0 Å². The molecule has 0 unspecified atom stereocenters. The summed E-state index contributed by atoms with van der Waals surface area (Å²) < 4.78 is 23.5. The molecule has 2 aromatic rings. The van der Waals surface area contributed by atoms with E-state index in [1.165, 1.54) is 28.7 Å². The molecule has 0 radical (unpaired) electrons. The van der Waals surface area contributed by atoms with Crippen molar-refractivity contribution in [3.63, 3.8) is 0 Å². The Labute approximate surface area is 159 Å². The summed E-state index contributed by atoms with van der Waals surface area (Å²) in [4.78, 5) is 16.1. The number of quaternary nitrogens is 1. The molecule has 138 valence electrons. The molecule has 0 spiro atoms. The van der Waals surface area contributed by atoms with Gasteiger partial charge in [-0.25, -0.2) is 8.42 Å². The van der Waals surface area contributed by atoms with Gasteiger partial charge in [-0.1, -0.05) is 41.9 Å². The molecule has 7 heteroatoms. The van der Waals surface area contributed by atoms with Crippen molar-refractivity contribution in [1.82, 2.24) is 4.90 Å². The molecule has 1 aliphatic heterocycles. The van der Waals surface area contributed by atoms with Crippen LogP contribution < -0.4 is 4.90 Å². The molecule has 1 amide bonds. The fourth-order valence-electron chi connectivity index (χ4n) is 3.16. The summed E-state index contributed by atoms with van der Waals surface area (Å²) in [5.74, 6) is -0.209. The summed E-state index contributed by atoms with van der Waals surface area (Å²) in [5, 5.41) is 0.279. The van der Waals surface area contributed by atoms with E-state index < -0.39 is 9.84 Å². The molecule has 5 nitrogen and oxygen atoms in total. The Bertz CT molecular complexity index is 892. The van der Waals surface area contributed by atoms with Gasteiger partial charge in [0.1, 0.15) is 6.54 Å². The predicted molar refractivity (Wildman–Crippen MR) is 101 cm³/mol. The molecule has 3 rings (SSSR count). The largest absolute Gasteiger partial charge is 0.328 e. The Morgan fingerprint density at radius 1 is 1.12 bits per heavy atom. The molecule has 0 atom stereocenters. The third-order valence-corrected chi connectivity index (χ3v) is 6.09.